The number of hydrogen-bond donors (Lipinski definition) is 2. The Hall–Kier alpha value is -1.06. The molecule has 2 aliphatic rings. The van der Waals surface area contributed by atoms with Gasteiger partial charge in [0.1, 0.15) is 0 Å². The monoisotopic (exact) mass is 364 g/mol. The molecule has 2 fully saturated rings. The van der Waals surface area contributed by atoms with Crippen molar-refractivity contribution in [3.63, 3.8) is 0 Å². The van der Waals surface area contributed by atoms with Crippen LogP contribution >= 0.6 is 0 Å². The van der Waals surface area contributed by atoms with Crippen LogP contribution in [0, 0.1) is 23.7 Å². The molecule has 2 aliphatic carbocycles. The van der Waals surface area contributed by atoms with E-state index in [-0.39, 0.29) is 23.7 Å². The first kappa shape index (κ1) is 21.2. The minimum absolute atomic E-state index is 0.0771. The van der Waals surface area contributed by atoms with Gasteiger partial charge in [0.2, 0.25) is 11.8 Å². The molecule has 0 aromatic carbocycles. The third kappa shape index (κ3) is 8.55. The van der Waals surface area contributed by atoms with Gasteiger partial charge in [-0.1, -0.05) is 64.2 Å². The molecule has 0 aromatic rings. The van der Waals surface area contributed by atoms with E-state index in [0.717, 1.165) is 25.7 Å². The van der Waals surface area contributed by atoms with Crippen molar-refractivity contribution >= 4 is 11.8 Å². The van der Waals surface area contributed by atoms with Crippen LogP contribution < -0.4 is 11.5 Å². The predicted octanol–water partition coefficient (Wildman–Crippen LogP) is 4.69. The summed E-state index contributed by atoms with van der Waals surface area (Å²) >= 11 is 0. The standard InChI is InChI=1S/C22H40N2O2/c23-21(25)19(17-13-14-17)11-9-7-5-3-1-2-4-6-8-10-12-20(22(24)26)18-15-16-18/h17-20H,1-16H2,(H2,23,25)(H2,24,26). The van der Waals surface area contributed by atoms with Gasteiger partial charge in [-0.2, -0.15) is 0 Å². The van der Waals surface area contributed by atoms with Gasteiger partial charge in [0.25, 0.3) is 0 Å². The summed E-state index contributed by atoms with van der Waals surface area (Å²) in [5, 5.41) is 0. The zero-order valence-electron chi connectivity index (χ0n) is 16.6. The summed E-state index contributed by atoms with van der Waals surface area (Å²) < 4.78 is 0. The third-order valence-corrected chi connectivity index (χ3v) is 6.39. The molecule has 2 saturated carbocycles. The van der Waals surface area contributed by atoms with Crippen molar-refractivity contribution in [2.75, 3.05) is 0 Å². The lowest BCUT2D eigenvalue weighted by molar-refractivity contribution is -0.123. The summed E-state index contributed by atoms with van der Waals surface area (Å²) in [4.78, 5) is 22.8. The highest BCUT2D eigenvalue weighted by atomic mass is 16.1. The Bertz CT molecular complexity index is 390. The Morgan fingerprint density at radius 1 is 0.577 bits per heavy atom. The zero-order chi connectivity index (χ0) is 18.8. The maximum Gasteiger partial charge on any atom is 0.220 e. The first-order valence-electron chi connectivity index (χ1n) is 11.2. The highest BCUT2D eigenvalue weighted by Crippen LogP contribution is 2.40. The van der Waals surface area contributed by atoms with E-state index >= 15 is 0 Å². The van der Waals surface area contributed by atoms with Crippen LogP contribution in [0.3, 0.4) is 0 Å². The second-order valence-corrected chi connectivity index (χ2v) is 8.81. The third-order valence-electron chi connectivity index (χ3n) is 6.39. The van der Waals surface area contributed by atoms with E-state index in [0.29, 0.717) is 11.8 Å². The fourth-order valence-electron chi connectivity index (χ4n) is 4.36. The Morgan fingerprint density at radius 3 is 1.08 bits per heavy atom. The van der Waals surface area contributed by atoms with Crippen LogP contribution in [0.1, 0.15) is 103 Å². The van der Waals surface area contributed by atoms with Crippen LogP contribution in [0.15, 0.2) is 0 Å². The number of nitrogens with two attached hydrogens (primary N) is 2. The molecule has 26 heavy (non-hydrogen) atoms. The average molecular weight is 365 g/mol. The van der Waals surface area contributed by atoms with Crippen LogP contribution in [0.25, 0.3) is 0 Å². The molecular weight excluding hydrogens is 324 g/mol. The van der Waals surface area contributed by atoms with Crippen LogP contribution in [-0.2, 0) is 9.59 Å². The summed E-state index contributed by atoms with van der Waals surface area (Å²) in [6.45, 7) is 0. The van der Waals surface area contributed by atoms with E-state index < -0.39 is 0 Å². The fourth-order valence-corrected chi connectivity index (χ4v) is 4.36. The Labute approximate surface area is 159 Å². The van der Waals surface area contributed by atoms with Gasteiger partial charge < -0.3 is 11.5 Å². The smallest absolute Gasteiger partial charge is 0.220 e. The van der Waals surface area contributed by atoms with Crippen LogP contribution in [0.2, 0.25) is 0 Å². The number of hydrogen-bond acceptors (Lipinski definition) is 2. The van der Waals surface area contributed by atoms with E-state index in [1.165, 1.54) is 77.0 Å². The largest absolute Gasteiger partial charge is 0.369 e. The summed E-state index contributed by atoms with van der Waals surface area (Å²) in [6, 6.07) is 0. The molecule has 0 saturated heterocycles. The van der Waals surface area contributed by atoms with Crippen LogP contribution in [-0.4, -0.2) is 11.8 Å². The van der Waals surface area contributed by atoms with Crippen molar-refractivity contribution < 1.29 is 9.59 Å². The number of amides is 2. The molecule has 0 aromatic heterocycles. The van der Waals surface area contributed by atoms with E-state index in [2.05, 4.69) is 0 Å². The molecule has 0 radical (unpaired) electrons. The molecule has 4 N–H and O–H groups in total. The maximum absolute atomic E-state index is 11.4. The first-order chi connectivity index (χ1) is 12.6. The van der Waals surface area contributed by atoms with Gasteiger partial charge in [-0.05, 0) is 50.4 Å². The molecule has 2 unspecified atom stereocenters. The number of carbonyl (C=O) groups is 2. The lowest BCUT2D eigenvalue weighted by Crippen LogP contribution is -2.24. The number of rotatable bonds is 17. The topological polar surface area (TPSA) is 86.2 Å². The zero-order valence-corrected chi connectivity index (χ0v) is 16.6. The van der Waals surface area contributed by atoms with Crippen molar-refractivity contribution in [1.82, 2.24) is 0 Å². The minimum atomic E-state index is -0.0771. The molecule has 4 heteroatoms. The predicted molar refractivity (Wildman–Crippen MR) is 106 cm³/mol. The van der Waals surface area contributed by atoms with Crippen LogP contribution in [0.4, 0.5) is 0 Å². The molecular formula is C22H40N2O2. The Kier molecular flexibility index (Phi) is 9.49. The van der Waals surface area contributed by atoms with Crippen molar-refractivity contribution in [1.29, 1.82) is 0 Å². The second-order valence-electron chi connectivity index (χ2n) is 8.81. The molecule has 0 spiro atoms. The summed E-state index contributed by atoms with van der Waals surface area (Å²) in [6.07, 6.45) is 19.5. The Morgan fingerprint density at radius 2 is 0.846 bits per heavy atom. The van der Waals surface area contributed by atoms with Gasteiger partial charge in [-0.25, -0.2) is 0 Å². The van der Waals surface area contributed by atoms with Gasteiger partial charge in [-0.15, -0.1) is 0 Å². The first-order valence-corrected chi connectivity index (χ1v) is 11.2. The van der Waals surface area contributed by atoms with Crippen molar-refractivity contribution in [3.05, 3.63) is 0 Å². The summed E-state index contributed by atoms with van der Waals surface area (Å²) in [5.41, 5.74) is 11.0. The van der Waals surface area contributed by atoms with E-state index in [1.807, 2.05) is 0 Å². The normalized spacial score (nSPS) is 19.2. The second kappa shape index (κ2) is 11.6. The fraction of sp³-hybridized carbons (Fsp3) is 0.909. The van der Waals surface area contributed by atoms with Gasteiger partial charge in [0, 0.05) is 11.8 Å². The highest BCUT2D eigenvalue weighted by Gasteiger charge is 2.34. The van der Waals surface area contributed by atoms with E-state index in [9.17, 15) is 9.59 Å². The highest BCUT2D eigenvalue weighted by molar-refractivity contribution is 5.77. The number of carbonyl (C=O) groups excluding carboxylic acids is 2. The summed E-state index contributed by atoms with van der Waals surface area (Å²) in [5.74, 6) is 1.37. The molecule has 2 amide bonds. The molecule has 4 nitrogen and oxygen atoms in total. The van der Waals surface area contributed by atoms with Gasteiger partial charge in [-0.3, -0.25) is 9.59 Å². The Balaban J connectivity index is 1.33. The molecule has 0 bridgehead atoms. The molecule has 2 rings (SSSR count). The average Bonchev–Trinajstić information content (AvgIpc) is 3.47. The van der Waals surface area contributed by atoms with Gasteiger partial charge in [0.15, 0.2) is 0 Å². The lowest BCUT2D eigenvalue weighted by atomic mass is 9.94. The van der Waals surface area contributed by atoms with Crippen molar-refractivity contribution in [3.8, 4) is 0 Å². The molecule has 150 valence electrons. The van der Waals surface area contributed by atoms with Crippen molar-refractivity contribution in [2.45, 2.75) is 103 Å². The molecule has 0 aliphatic heterocycles. The van der Waals surface area contributed by atoms with E-state index in [4.69, 9.17) is 11.5 Å². The minimum Gasteiger partial charge on any atom is -0.369 e. The number of primary amides is 2. The van der Waals surface area contributed by atoms with Crippen molar-refractivity contribution in [2.24, 2.45) is 35.1 Å². The van der Waals surface area contributed by atoms with Gasteiger partial charge >= 0.3 is 0 Å². The maximum atomic E-state index is 11.4. The quantitative estimate of drug-likeness (QED) is 0.367. The summed E-state index contributed by atoms with van der Waals surface area (Å²) in [7, 11) is 0. The lowest BCUT2D eigenvalue weighted by Gasteiger charge is -2.12. The number of unbranched alkanes of at least 4 members (excludes halogenated alkanes) is 9. The molecule has 2 atom stereocenters. The molecule has 0 heterocycles. The van der Waals surface area contributed by atoms with E-state index in [1.54, 1.807) is 0 Å². The van der Waals surface area contributed by atoms with Gasteiger partial charge in [0.05, 0.1) is 0 Å². The SMILES string of the molecule is NC(=O)C(CCCCCCCCCCCCC(C(N)=O)C1CC1)C1CC1. The van der Waals surface area contributed by atoms with Crippen LogP contribution in [0.5, 0.6) is 0 Å².